The summed E-state index contributed by atoms with van der Waals surface area (Å²) in [5.74, 6) is 0. The molecule has 0 N–H and O–H groups in total. The molecule has 0 saturated heterocycles. The molecule has 1 aliphatic rings. The van der Waals surface area contributed by atoms with Gasteiger partial charge in [0.15, 0.2) is 0 Å². The average Bonchev–Trinajstić information content (AvgIpc) is 2.48. The lowest BCUT2D eigenvalue weighted by molar-refractivity contribution is -0.105. The fraction of sp³-hybridized carbons (Fsp3) is 0.714. The van der Waals surface area contributed by atoms with Crippen LogP contribution >= 0.6 is 11.6 Å². The highest BCUT2D eigenvalue weighted by atomic mass is 35.5. The van der Waals surface area contributed by atoms with Gasteiger partial charge in [-0.15, -0.1) is 0 Å². The van der Waals surface area contributed by atoms with Gasteiger partial charge in [-0.05, 0) is 46.5 Å². The second-order valence-corrected chi connectivity index (χ2v) is 6.33. The van der Waals surface area contributed by atoms with Crippen molar-refractivity contribution in [1.82, 2.24) is 4.90 Å². The Balaban J connectivity index is 2.63. The molecular weight excluding hydrogens is 266 g/mol. The van der Waals surface area contributed by atoms with Gasteiger partial charge in [-0.3, -0.25) is 4.79 Å². The third kappa shape index (κ3) is 4.86. The molecule has 0 bridgehead atoms. The van der Waals surface area contributed by atoms with Gasteiger partial charge in [0.2, 0.25) is 0 Å². The van der Waals surface area contributed by atoms with Crippen LogP contribution in [-0.2, 0) is 9.53 Å². The van der Waals surface area contributed by atoms with Crippen molar-refractivity contribution >= 4 is 24.0 Å². The van der Waals surface area contributed by atoms with E-state index in [0.29, 0.717) is 23.4 Å². The van der Waals surface area contributed by atoms with Crippen LogP contribution in [0, 0.1) is 0 Å². The first-order valence-corrected chi connectivity index (χ1v) is 6.91. The normalized spacial score (nSPS) is 20.8. The van der Waals surface area contributed by atoms with Gasteiger partial charge in [0, 0.05) is 23.7 Å². The number of amides is 1. The predicted molar refractivity (Wildman–Crippen MR) is 75.2 cm³/mol. The fourth-order valence-corrected chi connectivity index (χ4v) is 2.30. The molecular formula is C14H22ClNO3. The number of hydrogen-bond donors (Lipinski definition) is 0. The topological polar surface area (TPSA) is 46.6 Å². The minimum atomic E-state index is -0.500. The van der Waals surface area contributed by atoms with E-state index in [1.807, 2.05) is 20.8 Å². The number of aldehydes is 1. The Labute approximate surface area is 119 Å². The summed E-state index contributed by atoms with van der Waals surface area (Å²) in [4.78, 5) is 24.5. The van der Waals surface area contributed by atoms with E-state index in [1.165, 1.54) is 0 Å². The van der Waals surface area contributed by atoms with Crippen LogP contribution in [-0.4, -0.2) is 36.0 Å². The number of allylic oxidation sites excluding steroid dienone is 2. The molecule has 0 aliphatic heterocycles. The van der Waals surface area contributed by atoms with E-state index in [1.54, 1.807) is 11.9 Å². The molecule has 1 aliphatic carbocycles. The minimum absolute atomic E-state index is 0.0565. The number of rotatable bonds is 2. The standard InChI is InChI=1S/C14H22ClNO3/c1-14(2,3)19-13(18)16(4)11-6-5-10(9-17)12(15)8-7-11/h9,11H,5-8H2,1-4H3. The number of nitrogens with zero attached hydrogens (tertiary/aromatic N) is 1. The van der Waals surface area contributed by atoms with Crippen molar-refractivity contribution in [3.05, 3.63) is 10.6 Å². The van der Waals surface area contributed by atoms with E-state index in [-0.39, 0.29) is 12.1 Å². The Bertz CT molecular complexity index is 385. The van der Waals surface area contributed by atoms with E-state index >= 15 is 0 Å². The van der Waals surface area contributed by atoms with E-state index < -0.39 is 5.60 Å². The van der Waals surface area contributed by atoms with Crippen molar-refractivity contribution < 1.29 is 14.3 Å². The van der Waals surface area contributed by atoms with Gasteiger partial charge in [-0.1, -0.05) is 11.6 Å². The zero-order valence-electron chi connectivity index (χ0n) is 12.0. The van der Waals surface area contributed by atoms with Gasteiger partial charge >= 0.3 is 6.09 Å². The zero-order valence-corrected chi connectivity index (χ0v) is 12.8. The largest absolute Gasteiger partial charge is 0.444 e. The first-order valence-electron chi connectivity index (χ1n) is 6.53. The molecule has 0 aromatic heterocycles. The summed E-state index contributed by atoms with van der Waals surface area (Å²) in [5.41, 5.74) is 0.154. The smallest absolute Gasteiger partial charge is 0.410 e. The van der Waals surface area contributed by atoms with Crippen LogP contribution in [0.3, 0.4) is 0 Å². The maximum Gasteiger partial charge on any atom is 0.410 e. The summed E-state index contributed by atoms with van der Waals surface area (Å²) in [5, 5.41) is 0.620. The lowest BCUT2D eigenvalue weighted by Gasteiger charge is -2.30. The molecule has 19 heavy (non-hydrogen) atoms. The van der Waals surface area contributed by atoms with Gasteiger partial charge in [0.05, 0.1) is 0 Å². The number of halogens is 1. The van der Waals surface area contributed by atoms with Gasteiger partial charge in [0.1, 0.15) is 11.9 Å². The van der Waals surface area contributed by atoms with Crippen LogP contribution in [0.15, 0.2) is 10.6 Å². The quantitative estimate of drug-likeness (QED) is 0.731. The lowest BCUT2D eigenvalue weighted by Crippen LogP contribution is -2.40. The van der Waals surface area contributed by atoms with Gasteiger partial charge < -0.3 is 9.64 Å². The highest BCUT2D eigenvalue weighted by Gasteiger charge is 2.27. The lowest BCUT2D eigenvalue weighted by atomic mass is 10.1. The molecule has 0 fully saturated rings. The summed E-state index contributed by atoms with van der Waals surface area (Å²) < 4.78 is 5.34. The first-order chi connectivity index (χ1) is 8.74. The summed E-state index contributed by atoms with van der Waals surface area (Å²) in [6, 6.07) is 0.0565. The Morgan fingerprint density at radius 1 is 1.37 bits per heavy atom. The van der Waals surface area contributed by atoms with E-state index in [2.05, 4.69) is 0 Å². The number of carbonyl (C=O) groups is 2. The maximum atomic E-state index is 12.0. The SMILES string of the molecule is CN(C(=O)OC(C)(C)C)C1CCC(Cl)=C(C=O)CC1. The molecule has 5 heteroatoms. The third-order valence-corrected chi connectivity index (χ3v) is 3.60. The molecule has 0 aromatic carbocycles. The van der Waals surface area contributed by atoms with Gasteiger partial charge in [-0.2, -0.15) is 0 Å². The summed E-state index contributed by atoms with van der Waals surface area (Å²) >= 11 is 6.06. The Morgan fingerprint density at radius 3 is 2.47 bits per heavy atom. The highest BCUT2D eigenvalue weighted by molar-refractivity contribution is 6.31. The van der Waals surface area contributed by atoms with Crippen LogP contribution in [0.5, 0.6) is 0 Å². The molecule has 1 amide bonds. The average molecular weight is 288 g/mol. The molecule has 1 rings (SSSR count). The van der Waals surface area contributed by atoms with Gasteiger partial charge in [0.25, 0.3) is 0 Å². The summed E-state index contributed by atoms with van der Waals surface area (Å²) in [6.45, 7) is 5.53. The molecule has 0 heterocycles. The summed E-state index contributed by atoms with van der Waals surface area (Å²) in [7, 11) is 1.73. The van der Waals surface area contributed by atoms with Crippen molar-refractivity contribution in [3.8, 4) is 0 Å². The third-order valence-electron chi connectivity index (χ3n) is 3.16. The monoisotopic (exact) mass is 287 g/mol. The van der Waals surface area contributed by atoms with Crippen LogP contribution in [0.25, 0.3) is 0 Å². The Kier molecular flexibility index (Phi) is 5.41. The number of hydrogen-bond acceptors (Lipinski definition) is 3. The van der Waals surface area contributed by atoms with E-state index in [4.69, 9.17) is 16.3 Å². The van der Waals surface area contributed by atoms with Crippen LogP contribution in [0.1, 0.15) is 46.5 Å². The highest BCUT2D eigenvalue weighted by Crippen LogP contribution is 2.28. The second kappa shape index (κ2) is 6.42. The van der Waals surface area contributed by atoms with Gasteiger partial charge in [-0.25, -0.2) is 4.79 Å². The second-order valence-electron chi connectivity index (χ2n) is 5.87. The van der Waals surface area contributed by atoms with Crippen molar-refractivity contribution in [2.45, 2.75) is 58.1 Å². The molecule has 4 nitrogen and oxygen atoms in total. The molecule has 0 radical (unpaired) electrons. The number of carbonyl (C=O) groups excluding carboxylic acids is 2. The first kappa shape index (κ1) is 16.0. The van der Waals surface area contributed by atoms with Crippen LogP contribution in [0.4, 0.5) is 4.79 Å². The van der Waals surface area contributed by atoms with E-state index in [9.17, 15) is 9.59 Å². The van der Waals surface area contributed by atoms with Crippen LogP contribution in [0.2, 0.25) is 0 Å². The van der Waals surface area contributed by atoms with Crippen LogP contribution < -0.4 is 0 Å². The minimum Gasteiger partial charge on any atom is -0.444 e. The number of ether oxygens (including phenoxy) is 1. The Hall–Kier alpha value is -1.03. The zero-order chi connectivity index (χ0) is 14.6. The molecule has 0 saturated carbocycles. The Morgan fingerprint density at radius 2 is 1.95 bits per heavy atom. The van der Waals surface area contributed by atoms with Crippen molar-refractivity contribution in [2.75, 3.05) is 7.05 Å². The van der Waals surface area contributed by atoms with E-state index in [0.717, 1.165) is 19.1 Å². The molecule has 0 aromatic rings. The summed E-state index contributed by atoms with van der Waals surface area (Å²) in [6.07, 6.45) is 3.22. The molecule has 108 valence electrons. The van der Waals surface area contributed by atoms with Crippen molar-refractivity contribution in [3.63, 3.8) is 0 Å². The van der Waals surface area contributed by atoms with Crippen molar-refractivity contribution in [1.29, 1.82) is 0 Å². The maximum absolute atomic E-state index is 12.0. The molecule has 0 spiro atoms. The fourth-order valence-electron chi connectivity index (χ4n) is 2.05. The molecule has 1 unspecified atom stereocenters. The predicted octanol–water partition coefficient (Wildman–Crippen LogP) is 3.49. The molecule has 1 atom stereocenters. The van der Waals surface area contributed by atoms with Crippen molar-refractivity contribution in [2.24, 2.45) is 0 Å².